The second-order valence-electron chi connectivity index (χ2n) is 5.18. The largest absolute Gasteiger partial charge is 0.391 e. The lowest BCUT2D eigenvalue weighted by atomic mass is 9.87. The van der Waals surface area contributed by atoms with E-state index in [0.29, 0.717) is 0 Å². The van der Waals surface area contributed by atoms with E-state index in [4.69, 9.17) is 5.73 Å². The van der Waals surface area contributed by atoms with Crippen LogP contribution in [-0.2, 0) is 16.2 Å². The molecule has 96 valence electrons. The summed E-state index contributed by atoms with van der Waals surface area (Å²) in [5.41, 5.74) is 6.60. The van der Waals surface area contributed by atoms with Crippen molar-refractivity contribution in [2.75, 3.05) is 12.3 Å². The molecular formula is C13H21NO2S. The summed E-state index contributed by atoms with van der Waals surface area (Å²) in [4.78, 5) is 0.741. The van der Waals surface area contributed by atoms with Crippen molar-refractivity contribution in [3.05, 3.63) is 29.8 Å². The molecule has 3 nitrogen and oxygen atoms in total. The summed E-state index contributed by atoms with van der Waals surface area (Å²) in [6.45, 7) is 6.55. The lowest BCUT2D eigenvalue weighted by Gasteiger charge is -2.19. The first kappa shape index (κ1) is 14.4. The lowest BCUT2D eigenvalue weighted by molar-refractivity contribution is 0.207. The fraction of sp³-hybridized carbons (Fsp3) is 0.538. The van der Waals surface area contributed by atoms with E-state index in [1.807, 2.05) is 24.3 Å². The van der Waals surface area contributed by atoms with Crippen LogP contribution in [0.2, 0.25) is 0 Å². The number of aliphatic hydroxyl groups is 1. The Hall–Kier alpha value is -0.710. The molecule has 0 saturated heterocycles. The maximum absolute atomic E-state index is 11.9. The maximum Gasteiger partial charge on any atom is 0.0781 e. The Balaban J connectivity index is 2.78. The molecule has 0 amide bonds. The number of nitrogens with two attached hydrogens (primary N) is 1. The van der Waals surface area contributed by atoms with Gasteiger partial charge in [0.25, 0.3) is 0 Å². The van der Waals surface area contributed by atoms with Gasteiger partial charge in [-0.1, -0.05) is 32.9 Å². The van der Waals surface area contributed by atoms with Crippen LogP contribution in [0.1, 0.15) is 26.3 Å². The molecule has 2 unspecified atom stereocenters. The van der Waals surface area contributed by atoms with Gasteiger partial charge in [-0.2, -0.15) is 0 Å². The SMILES string of the molecule is CC(C)(C)c1ccc(S(=O)CC(O)CN)cc1. The molecule has 3 N–H and O–H groups in total. The highest BCUT2D eigenvalue weighted by Gasteiger charge is 2.14. The zero-order valence-electron chi connectivity index (χ0n) is 10.6. The first-order valence-electron chi connectivity index (χ1n) is 5.71. The van der Waals surface area contributed by atoms with E-state index in [9.17, 15) is 9.32 Å². The van der Waals surface area contributed by atoms with Gasteiger partial charge < -0.3 is 10.8 Å². The van der Waals surface area contributed by atoms with E-state index < -0.39 is 16.9 Å². The molecule has 0 saturated carbocycles. The molecule has 4 heteroatoms. The van der Waals surface area contributed by atoms with Gasteiger partial charge in [-0.3, -0.25) is 4.21 Å². The van der Waals surface area contributed by atoms with Crippen molar-refractivity contribution < 1.29 is 9.32 Å². The zero-order chi connectivity index (χ0) is 13.1. The number of hydrogen-bond acceptors (Lipinski definition) is 3. The normalized spacial score (nSPS) is 15.6. The Kier molecular flexibility index (Phi) is 4.86. The van der Waals surface area contributed by atoms with E-state index in [1.54, 1.807) is 0 Å². The molecule has 0 spiro atoms. The van der Waals surface area contributed by atoms with E-state index >= 15 is 0 Å². The molecule has 2 atom stereocenters. The van der Waals surface area contributed by atoms with Crippen molar-refractivity contribution in [1.82, 2.24) is 0 Å². The maximum atomic E-state index is 11.9. The third-order valence-corrected chi connectivity index (χ3v) is 4.08. The Morgan fingerprint density at radius 3 is 2.24 bits per heavy atom. The van der Waals surface area contributed by atoms with Crippen LogP contribution in [0.5, 0.6) is 0 Å². The highest BCUT2D eigenvalue weighted by atomic mass is 32.2. The van der Waals surface area contributed by atoms with E-state index in [-0.39, 0.29) is 17.7 Å². The predicted octanol–water partition coefficient (Wildman–Crippen LogP) is 1.41. The first-order valence-corrected chi connectivity index (χ1v) is 7.03. The summed E-state index contributed by atoms with van der Waals surface area (Å²) >= 11 is 0. The lowest BCUT2D eigenvalue weighted by Crippen LogP contribution is -2.26. The summed E-state index contributed by atoms with van der Waals surface area (Å²) < 4.78 is 11.9. The third-order valence-electron chi connectivity index (χ3n) is 2.60. The average Bonchev–Trinajstić information content (AvgIpc) is 2.27. The molecule has 0 fully saturated rings. The van der Waals surface area contributed by atoms with Gasteiger partial charge in [0.1, 0.15) is 0 Å². The second kappa shape index (κ2) is 5.76. The third kappa shape index (κ3) is 4.22. The fourth-order valence-electron chi connectivity index (χ4n) is 1.45. The minimum absolute atomic E-state index is 0.0940. The Morgan fingerprint density at radius 1 is 1.29 bits per heavy atom. The standard InChI is InChI=1S/C13H21NO2S/c1-13(2,3)10-4-6-12(7-5-10)17(16)9-11(15)8-14/h4-7,11,15H,8-9,14H2,1-3H3. The molecule has 17 heavy (non-hydrogen) atoms. The van der Waals surface area contributed by atoms with Crippen LogP contribution in [0, 0.1) is 0 Å². The van der Waals surface area contributed by atoms with Gasteiger partial charge in [0.15, 0.2) is 0 Å². The highest BCUT2D eigenvalue weighted by Crippen LogP contribution is 2.23. The molecule has 0 aromatic heterocycles. The average molecular weight is 255 g/mol. The topological polar surface area (TPSA) is 63.3 Å². The van der Waals surface area contributed by atoms with Gasteiger partial charge in [-0.15, -0.1) is 0 Å². The number of hydrogen-bond donors (Lipinski definition) is 2. The first-order chi connectivity index (χ1) is 7.84. The van der Waals surface area contributed by atoms with E-state index in [1.165, 1.54) is 5.56 Å². The minimum atomic E-state index is -1.18. The number of benzene rings is 1. The molecule has 0 aliphatic carbocycles. The van der Waals surface area contributed by atoms with Crippen molar-refractivity contribution in [3.63, 3.8) is 0 Å². The van der Waals surface area contributed by atoms with Crippen LogP contribution >= 0.6 is 0 Å². The Bertz CT molecular complexity index is 381. The van der Waals surface area contributed by atoms with Crippen molar-refractivity contribution >= 4 is 10.8 Å². The second-order valence-corrected chi connectivity index (χ2v) is 6.67. The van der Waals surface area contributed by atoms with Crippen LogP contribution in [0.15, 0.2) is 29.2 Å². The van der Waals surface area contributed by atoms with Gasteiger partial charge >= 0.3 is 0 Å². The van der Waals surface area contributed by atoms with Crippen LogP contribution in [0.4, 0.5) is 0 Å². The molecule has 1 aromatic rings. The van der Waals surface area contributed by atoms with Crippen LogP contribution in [0.3, 0.4) is 0 Å². The molecule has 0 bridgehead atoms. The fourth-order valence-corrected chi connectivity index (χ4v) is 2.56. The van der Waals surface area contributed by atoms with Crippen LogP contribution in [0.25, 0.3) is 0 Å². The molecule has 1 aromatic carbocycles. The Morgan fingerprint density at radius 2 is 1.82 bits per heavy atom. The monoisotopic (exact) mass is 255 g/mol. The van der Waals surface area contributed by atoms with Gasteiger partial charge in [-0.25, -0.2) is 0 Å². The molecule has 0 aliphatic rings. The molecule has 0 aliphatic heterocycles. The summed E-state index contributed by atoms with van der Waals surface area (Å²) in [5.74, 6) is 0.200. The molecular weight excluding hydrogens is 234 g/mol. The van der Waals surface area contributed by atoms with E-state index in [0.717, 1.165) is 4.90 Å². The van der Waals surface area contributed by atoms with Crippen molar-refractivity contribution in [2.24, 2.45) is 5.73 Å². The van der Waals surface area contributed by atoms with Crippen molar-refractivity contribution in [3.8, 4) is 0 Å². The van der Waals surface area contributed by atoms with Gasteiger partial charge in [0.2, 0.25) is 0 Å². The Labute approximate surface area is 105 Å². The van der Waals surface area contributed by atoms with Gasteiger partial charge in [0, 0.05) is 11.4 Å². The predicted molar refractivity (Wildman–Crippen MR) is 71.5 cm³/mol. The summed E-state index contributed by atoms with van der Waals surface area (Å²) in [7, 11) is -1.18. The smallest absolute Gasteiger partial charge is 0.0781 e. The van der Waals surface area contributed by atoms with Gasteiger partial charge in [-0.05, 0) is 23.1 Å². The number of rotatable bonds is 4. The molecule has 1 rings (SSSR count). The quantitative estimate of drug-likeness (QED) is 0.855. The van der Waals surface area contributed by atoms with Crippen molar-refractivity contribution in [1.29, 1.82) is 0 Å². The highest BCUT2D eigenvalue weighted by molar-refractivity contribution is 7.85. The van der Waals surface area contributed by atoms with E-state index in [2.05, 4.69) is 20.8 Å². The summed E-state index contributed by atoms with van der Waals surface area (Å²) in [5, 5.41) is 9.36. The summed E-state index contributed by atoms with van der Waals surface area (Å²) in [6.07, 6.45) is -0.696. The van der Waals surface area contributed by atoms with Gasteiger partial charge in [0.05, 0.1) is 22.7 Å². The van der Waals surface area contributed by atoms with Crippen LogP contribution < -0.4 is 5.73 Å². The number of aliphatic hydroxyl groups excluding tert-OH is 1. The van der Waals surface area contributed by atoms with Crippen LogP contribution in [-0.4, -0.2) is 27.7 Å². The summed E-state index contributed by atoms with van der Waals surface area (Å²) in [6, 6.07) is 7.70. The van der Waals surface area contributed by atoms with Crippen molar-refractivity contribution in [2.45, 2.75) is 37.2 Å². The molecule has 0 heterocycles. The minimum Gasteiger partial charge on any atom is -0.391 e. The zero-order valence-corrected chi connectivity index (χ0v) is 11.5. The molecule has 0 radical (unpaired) electrons.